The van der Waals surface area contributed by atoms with Crippen molar-refractivity contribution in [2.75, 3.05) is 14.2 Å². The average molecular weight is 364 g/mol. The molecule has 0 radical (unpaired) electrons. The van der Waals surface area contributed by atoms with E-state index in [4.69, 9.17) is 4.74 Å². The maximum absolute atomic E-state index is 14.2. The van der Waals surface area contributed by atoms with E-state index < -0.39 is 0 Å². The van der Waals surface area contributed by atoms with E-state index in [-0.39, 0.29) is 18.3 Å². The van der Waals surface area contributed by atoms with Gasteiger partial charge in [0.15, 0.2) is 0 Å². The fourth-order valence-electron chi connectivity index (χ4n) is 2.59. The van der Waals surface area contributed by atoms with Crippen LogP contribution in [-0.2, 0) is 17.9 Å². The Labute approximate surface area is 147 Å². The molecule has 3 aromatic rings. The molecule has 0 bridgehead atoms. The van der Waals surface area contributed by atoms with Crippen molar-refractivity contribution in [3.63, 3.8) is 0 Å². The highest BCUT2D eigenvalue weighted by Crippen LogP contribution is 2.34. The minimum Gasteiger partial charge on any atom is -0.380 e. The van der Waals surface area contributed by atoms with Gasteiger partial charge in [-0.05, 0) is 19.1 Å². The van der Waals surface area contributed by atoms with Gasteiger partial charge in [-0.2, -0.15) is 0 Å². The third kappa shape index (κ3) is 3.19. The summed E-state index contributed by atoms with van der Waals surface area (Å²) < 4.78 is 20.2. The van der Waals surface area contributed by atoms with E-state index in [1.807, 2.05) is 18.4 Å². The Morgan fingerprint density at radius 3 is 2.88 bits per heavy atom. The van der Waals surface area contributed by atoms with E-state index in [2.05, 4.69) is 4.98 Å². The highest BCUT2D eigenvalue weighted by atomic mass is 32.1. The molecule has 0 saturated heterocycles. The van der Waals surface area contributed by atoms with Gasteiger partial charge in [-0.25, -0.2) is 9.37 Å². The monoisotopic (exact) mass is 364 g/mol. The van der Waals surface area contributed by atoms with Crippen molar-refractivity contribution in [3.8, 4) is 0 Å². The predicted molar refractivity (Wildman–Crippen MR) is 95.1 cm³/mol. The number of amides is 1. The lowest BCUT2D eigenvalue weighted by Crippen LogP contribution is -2.26. The second kappa shape index (κ2) is 6.96. The van der Waals surface area contributed by atoms with Crippen LogP contribution < -0.4 is 0 Å². The molecule has 0 fully saturated rings. The van der Waals surface area contributed by atoms with Crippen LogP contribution >= 0.6 is 22.7 Å². The van der Waals surface area contributed by atoms with Crippen molar-refractivity contribution in [3.05, 3.63) is 50.5 Å². The van der Waals surface area contributed by atoms with E-state index in [9.17, 15) is 9.18 Å². The largest absolute Gasteiger partial charge is 0.380 e. The van der Waals surface area contributed by atoms with Gasteiger partial charge >= 0.3 is 0 Å². The maximum Gasteiger partial charge on any atom is 0.264 e. The molecule has 126 valence electrons. The Morgan fingerprint density at radius 2 is 2.21 bits per heavy atom. The number of aromatic nitrogens is 1. The Morgan fingerprint density at radius 1 is 1.42 bits per heavy atom. The third-order valence-corrected chi connectivity index (χ3v) is 5.67. The summed E-state index contributed by atoms with van der Waals surface area (Å²) in [6.45, 7) is 2.55. The molecule has 0 aliphatic rings. The summed E-state index contributed by atoms with van der Waals surface area (Å²) in [5.41, 5.74) is 1.47. The summed E-state index contributed by atoms with van der Waals surface area (Å²) in [7, 11) is 3.27. The third-order valence-electron chi connectivity index (χ3n) is 3.66. The lowest BCUT2D eigenvalue weighted by molar-refractivity contribution is 0.0784. The Hall–Kier alpha value is -1.83. The number of thiazole rings is 1. The molecule has 0 saturated carbocycles. The van der Waals surface area contributed by atoms with Crippen LogP contribution in [0.2, 0.25) is 0 Å². The Bertz CT molecular complexity index is 888. The fourth-order valence-corrected chi connectivity index (χ4v) is 4.41. The summed E-state index contributed by atoms with van der Waals surface area (Å²) in [6, 6.07) is 4.88. The number of nitrogens with zero attached hydrogens (tertiary/aromatic N) is 2. The first kappa shape index (κ1) is 17.0. The van der Waals surface area contributed by atoms with E-state index in [0.29, 0.717) is 22.4 Å². The lowest BCUT2D eigenvalue weighted by Gasteiger charge is -2.16. The van der Waals surface area contributed by atoms with Crippen molar-refractivity contribution in [1.82, 2.24) is 9.88 Å². The van der Waals surface area contributed by atoms with Crippen LogP contribution in [-0.4, -0.2) is 29.9 Å². The lowest BCUT2D eigenvalue weighted by atomic mass is 10.1. The minimum atomic E-state index is -0.326. The zero-order valence-corrected chi connectivity index (χ0v) is 15.3. The van der Waals surface area contributed by atoms with Gasteiger partial charge in [0.1, 0.15) is 5.82 Å². The molecular formula is C17H17FN2O2S2. The fraction of sp³-hybridized carbons (Fsp3) is 0.294. The number of methoxy groups -OCH3 is 1. The molecule has 0 unspecified atom stereocenters. The molecule has 2 aromatic heterocycles. The Balaban J connectivity index is 1.96. The normalized spacial score (nSPS) is 11.2. The topological polar surface area (TPSA) is 42.4 Å². The molecule has 1 aromatic carbocycles. The van der Waals surface area contributed by atoms with Crippen LogP contribution in [0, 0.1) is 12.7 Å². The van der Waals surface area contributed by atoms with Gasteiger partial charge in [0.25, 0.3) is 5.91 Å². The molecule has 3 rings (SSSR count). The van der Waals surface area contributed by atoms with Crippen molar-refractivity contribution in [1.29, 1.82) is 0 Å². The van der Waals surface area contributed by atoms with Crippen LogP contribution in [0.1, 0.15) is 25.9 Å². The van der Waals surface area contributed by atoms with Crippen LogP contribution in [0.15, 0.2) is 23.6 Å². The molecule has 0 aliphatic heterocycles. The summed E-state index contributed by atoms with van der Waals surface area (Å²) in [6.07, 6.45) is 0. The molecule has 1 amide bonds. The zero-order chi connectivity index (χ0) is 17.3. The number of thiophene rings is 1. The second-order valence-corrected chi connectivity index (χ2v) is 7.59. The van der Waals surface area contributed by atoms with Crippen molar-refractivity contribution >= 4 is 38.7 Å². The van der Waals surface area contributed by atoms with E-state index in [0.717, 1.165) is 15.4 Å². The maximum atomic E-state index is 14.2. The van der Waals surface area contributed by atoms with Gasteiger partial charge in [-0.3, -0.25) is 4.79 Å². The number of benzene rings is 1. The van der Waals surface area contributed by atoms with Gasteiger partial charge in [0.05, 0.1) is 28.7 Å². The number of rotatable bonds is 5. The van der Waals surface area contributed by atoms with E-state index in [1.165, 1.54) is 17.4 Å². The van der Waals surface area contributed by atoms with Gasteiger partial charge < -0.3 is 9.64 Å². The summed E-state index contributed by atoms with van der Waals surface area (Å²) in [5, 5.41) is 3.39. The number of hydrogen-bond donors (Lipinski definition) is 0. The summed E-state index contributed by atoms with van der Waals surface area (Å²) >= 11 is 2.86. The predicted octanol–water partition coefficient (Wildman–Crippen LogP) is 4.22. The number of carbonyl (C=O) groups is 1. The molecular weight excluding hydrogens is 347 g/mol. The number of halogens is 1. The Kier molecular flexibility index (Phi) is 4.93. The SMILES string of the molecule is COCc1c(C(=O)N(C)Cc2csc(C)n2)sc2cccc(F)c12. The average Bonchev–Trinajstić information content (AvgIpc) is 3.12. The van der Waals surface area contributed by atoms with E-state index in [1.54, 1.807) is 36.5 Å². The summed E-state index contributed by atoms with van der Waals surface area (Å²) in [5.74, 6) is -0.471. The highest BCUT2D eigenvalue weighted by molar-refractivity contribution is 7.21. The first-order chi connectivity index (χ1) is 11.5. The molecule has 0 aliphatic carbocycles. The summed E-state index contributed by atoms with van der Waals surface area (Å²) in [4.78, 5) is 19.4. The minimum absolute atomic E-state index is 0.145. The van der Waals surface area contributed by atoms with Crippen LogP contribution in [0.5, 0.6) is 0 Å². The van der Waals surface area contributed by atoms with Gasteiger partial charge in [0, 0.05) is 35.2 Å². The van der Waals surface area contributed by atoms with Gasteiger partial charge in [-0.15, -0.1) is 22.7 Å². The number of carbonyl (C=O) groups excluding carboxylic acids is 1. The number of aryl methyl sites for hydroxylation is 1. The smallest absolute Gasteiger partial charge is 0.264 e. The first-order valence-corrected chi connectivity index (χ1v) is 9.06. The van der Waals surface area contributed by atoms with Crippen molar-refractivity contribution < 1.29 is 13.9 Å². The quantitative estimate of drug-likeness (QED) is 0.681. The number of ether oxygens (including phenoxy) is 1. The molecule has 0 atom stereocenters. The van der Waals surface area contributed by atoms with Crippen molar-refractivity contribution in [2.24, 2.45) is 0 Å². The molecule has 24 heavy (non-hydrogen) atoms. The molecule has 4 nitrogen and oxygen atoms in total. The van der Waals surface area contributed by atoms with Crippen LogP contribution in [0.25, 0.3) is 10.1 Å². The van der Waals surface area contributed by atoms with Gasteiger partial charge in [0.2, 0.25) is 0 Å². The molecule has 0 N–H and O–H groups in total. The van der Waals surface area contributed by atoms with Gasteiger partial charge in [-0.1, -0.05) is 6.07 Å². The van der Waals surface area contributed by atoms with E-state index >= 15 is 0 Å². The van der Waals surface area contributed by atoms with Crippen LogP contribution in [0.3, 0.4) is 0 Å². The zero-order valence-electron chi connectivity index (χ0n) is 13.6. The highest BCUT2D eigenvalue weighted by Gasteiger charge is 2.23. The molecule has 0 spiro atoms. The number of hydrogen-bond acceptors (Lipinski definition) is 5. The second-order valence-electron chi connectivity index (χ2n) is 5.47. The van der Waals surface area contributed by atoms with Crippen LogP contribution in [0.4, 0.5) is 4.39 Å². The molecule has 7 heteroatoms. The standard InChI is InChI=1S/C17H17FN2O2S2/c1-10-19-11(9-23-10)7-20(2)17(21)16-12(8-22-3)15-13(18)5-4-6-14(15)24-16/h4-6,9H,7-8H2,1-3H3. The number of fused-ring (bicyclic) bond motifs is 1. The molecule has 2 heterocycles. The first-order valence-electron chi connectivity index (χ1n) is 7.36. The van der Waals surface area contributed by atoms with Crippen molar-refractivity contribution in [2.45, 2.75) is 20.1 Å².